The Morgan fingerprint density at radius 1 is 1.05 bits per heavy atom. The molecule has 0 radical (unpaired) electrons. The molecule has 0 aliphatic carbocycles. The van der Waals surface area contributed by atoms with Crippen LogP contribution in [-0.4, -0.2) is 9.55 Å². The van der Waals surface area contributed by atoms with Gasteiger partial charge in [0, 0.05) is 23.3 Å². The van der Waals surface area contributed by atoms with Crippen LogP contribution < -0.4 is 0 Å². The van der Waals surface area contributed by atoms with E-state index >= 15 is 0 Å². The van der Waals surface area contributed by atoms with Gasteiger partial charge in [0.15, 0.2) is 0 Å². The van der Waals surface area contributed by atoms with E-state index in [0.29, 0.717) is 5.92 Å². The topological polar surface area (TPSA) is 17.8 Å². The molecular formula is C18H28N2. The number of aromatic nitrogens is 2. The van der Waals surface area contributed by atoms with E-state index in [1.807, 2.05) is 6.20 Å². The fourth-order valence-corrected chi connectivity index (χ4v) is 2.76. The van der Waals surface area contributed by atoms with E-state index in [2.05, 4.69) is 77.2 Å². The number of fused-ring (bicyclic) bond motifs is 1. The van der Waals surface area contributed by atoms with Crippen LogP contribution in [0, 0.1) is 0 Å². The zero-order chi connectivity index (χ0) is 15.3. The molecule has 2 aromatic rings. The second-order valence-corrected chi connectivity index (χ2v) is 8.09. The largest absolute Gasteiger partial charge is 0.327 e. The molecule has 0 aliphatic heterocycles. The van der Waals surface area contributed by atoms with Crippen LogP contribution in [0.15, 0.2) is 18.5 Å². The molecule has 2 aromatic heterocycles. The van der Waals surface area contributed by atoms with Gasteiger partial charge in [0.2, 0.25) is 0 Å². The Bertz CT molecular complexity index is 619. The minimum Gasteiger partial charge on any atom is -0.327 e. The Hall–Kier alpha value is -1.31. The summed E-state index contributed by atoms with van der Waals surface area (Å²) in [5, 5.41) is 1.35. The first-order valence-electron chi connectivity index (χ1n) is 7.54. The molecule has 2 rings (SSSR count). The maximum Gasteiger partial charge on any atom is 0.140 e. The number of nitrogens with zero attached hydrogens (tertiary/aromatic N) is 2. The number of pyridine rings is 1. The normalized spacial score (nSPS) is 13.4. The van der Waals surface area contributed by atoms with Gasteiger partial charge >= 0.3 is 0 Å². The molecule has 0 saturated heterocycles. The molecule has 0 aromatic carbocycles. The monoisotopic (exact) mass is 272 g/mol. The number of hydrogen-bond acceptors (Lipinski definition) is 1. The first-order valence-corrected chi connectivity index (χ1v) is 7.54. The summed E-state index contributed by atoms with van der Waals surface area (Å²) in [6.07, 6.45) is 4.26. The van der Waals surface area contributed by atoms with Crippen molar-refractivity contribution in [1.82, 2.24) is 9.55 Å². The molecule has 0 N–H and O–H groups in total. The predicted molar refractivity (Wildman–Crippen MR) is 87.5 cm³/mol. The minimum absolute atomic E-state index is 0.0505. The first kappa shape index (κ1) is 15.1. The Morgan fingerprint density at radius 3 is 2.10 bits per heavy atom. The van der Waals surface area contributed by atoms with E-state index in [1.165, 1.54) is 16.5 Å². The van der Waals surface area contributed by atoms with E-state index in [-0.39, 0.29) is 11.0 Å². The van der Waals surface area contributed by atoms with Crippen LogP contribution >= 0.6 is 0 Å². The molecule has 0 amide bonds. The fourth-order valence-electron chi connectivity index (χ4n) is 2.76. The van der Waals surface area contributed by atoms with Crippen LogP contribution in [0.3, 0.4) is 0 Å². The summed E-state index contributed by atoms with van der Waals surface area (Å²) in [5.74, 6) is 0.506. The molecule has 2 heterocycles. The van der Waals surface area contributed by atoms with Crippen LogP contribution in [0.5, 0.6) is 0 Å². The summed E-state index contributed by atoms with van der Waals surface area (Å²) >= 11 is 0. The summed E-state index contributed by atoms with van der Waals surface area (Å²) in [6, 6.07) is 2.18. The summed E-state index contributed by atoms with van der Waals surface area (Å²) in [4.78, 5) is 4.69. The Labute approximate surface area is 123 Å². The quantitative estimate of drug-likeness (QED) is 0.696. The third-order valence-electron chi connectivity index (χ3n) is 3.87. The lowest BCUT2D eigenvalue weighted by Gasteiger charge is -2.23. The van der Waals surface area contributed by atoms with Gasteiger partial charge in [-0.25, -0.2) is 4.98 Å². The van der Waals surface area contributed by atoms with Gasteiger partial charge in [0.05, 0.1) is 0 Å². The number of hydrogen-bond donors (Lipinski definition) is 0. The molecule has 2 nitrogen and oxygen atoms in total. The second kappa shape index (κ2) is 4.61. The highest BCUT2D eigenvalue weighted by Gasteiger charge is 2.25. The van der Waals surface area contributed by atoms with E-state index in [9.17, 15) is 0 Å². The lowest BCUT2D eigenvalue weighted by atomic mass is 9.84. The molecule has 0 fully saturated rings. The van der Waals surface area contributed by atoms with Gasteiger partial charge in [-0.15, -0.1) is 0 Å². The third-order valence-corrected chi connectivity index (χ3v) is 3.87. The standard InChI is InChI=1S/C18H28N2/c1-12(2)13-11-20(18(6,7)8)16-15(13)14(9-10-19-16)17(3,4)5/h9-12H,1-8H3. The molecule has 0 unspecified atom stereocenters. The van der Waals surface area contributed by atoms with Crippen molar-refractivity contribution in [2.75, 3.05) is 0 Å². The second-order valence-electron chi connectivity index (χ2n) is 8.09. The highest BCUT2D eigenvalue weighted by Crippen LogP contribution is 2.37. The molecular weight excluding hydrogens is 244 g/mol. The predicted octanol–water partition coefficient (Wildman–Crippen LogP) is 5.21. The van der Waals surface area contributed by atoms with E-state index < -0.39 is 0 Å². The van der Waals surface area contributed by atoms with Crippen LogP contribution in [0.2, 0.25) is 0 Å². The van der Waals surface area contributed by atoms with Gasteiger partial charge in [0.25, 0.3) is 0 Å². The van der Waals surface area contributed by atoms with E-state index in [1.54, 1.807) is 0 Å². The zero-order valence-corrected chi connectivity index (χ0v) is 14.2. The Kier molecular flexibility index (Phi) is 3.48. The Balaban J connectivity index is 2.91. The molecule has 0 aliphatic rings. The van der Waals surface area contributed by atoms with Gasteiger partial charge < -0.3 is 4.57 Å². The van der Waals surface area contributed by atoms with Crippen LogP contribution in [0.1, 0.15) is 72.4 Å². The minimum atomic E-state index is 0.0505. The van der Waals surface area contributed by atoms with Crippen LogP contribution in [-0.2, 0) is 11.0 Å². The van der Waals surface area contributed by atoms with Crippen molar-refractivity contribution < 1.29 is 0 Å². The maximum atomic E-state index is 4.69. The highest BCUT2D eigenvalue weighted by atomic mass is 15.1. The average Bonchev–Trinajstić information content (AvgIpc) is 2.65. The smallest absolute Gasteiger partial charge is 0.140 e. The van der Waals surface area contributed by atoms with Crippen molar-refractivity contribution in [3.05, 3.63) is 29.6 Å². The molecule has 0 spiro atoms. The first-order chi connectivity index (χ1) is 9.03. The van der Waals surface area contributed by atoms with Crippen molar-refractivity contribution in [3.8, 4) is 0 Å². The zero-order valence-electron chi connectivity index (χ0n) is 14.2. The van der Waals surface area contributed by atoms with Gasteiger partial charge in [-0.3, -0.25) is 0 Å². The van der Waals surface area contributed by atoms with E-state index in [4.69, 9.17) is 0 Å². The molecule has 2 heteroatoms. The van der Waals surface area contributed by atoms with Crippen molar-refractivity contribution in [3.63, 3.8) is 0 Å². The third kappa shape index (κ3) is 2.48. The van der Waals surface area contributed by atoms with Crippen molar-refractivity contribution in [1.29, 1.82) is 0 Å². The summed E-state index contributed by atoms with van der Waals surface area (Å²) in [6.45, 7) is 18.1. The summed E-state index contributed by atoms with van der Waals surface area (Å²) in [7, 11) is 0. The van der Waals surface area contributed by atoms with Gasteiger partial charge in [0.1, 0.15) is 5.65 Å². The highest BCUT2D eigenvalue weighted by molar-refractivity contribution is 5.86. The summed E-state index contributed by atoms with van der Waals surface area (Å²) in [5.41, 5.74) is 4.11. The SMILES string of the molecule is CC(C)c1cn(C(C)(C)C)c2nccc(C(C)(C)C)c12. The number of rotatable bonds is 1. The van der Waals surface area contributed by atoms with Gasteiger partial charge in [-0.1, -0.05) is 34.6 Å². The van der Waals surface area contributed by atoms with Gasteiger partial charge in [-0.05, 0) is 49.3 Å². The molecule has 0 bridgehead atoms. The van der Waals surface area contributed by atoms with Crippen molar-refractivity contribution in [2.24, 2.45) is 0 Å². The molecule has 20 heavy (non-hydrogen) atoms. The van der Waals surface area contributed by atoms with Crippen LogP contribution in [0.25, 0.3) is 11.0 Å². The average molecular weight is 272 g/mol. The Morgan fingerprint density at radius 2 is 1.65 bits per heavy atom. The fraction of sp³-hybridized carbons (Fsp3) is 0.611. The molecule has 0 saturated carbocycles. The lowest BCUT2D eigenvalue weighted by Crippen LogP contribution is -2.21. The van der Waals surface area contributed by atoms with Crippen LogP contribution in [0.4, 0.5) is 0 Å². The summed E-state index contributed by atoms with van der Waals surface area (Å²) < 4.78 is 2.33. The van der Waals surface area contributed by atoms with E-state index in [0.717, 1.165) is 5.65 Å². The maximum absolute atomic E-state index is 4.69. The lowest BCUT2D eigenvalue weighted by molar-refractivity contribution is 0.407. The molecule has 110 valence electrons. The van der Waals surface area contributed by atoms with Crippen molar-refractivity contribution >= 4 is 11.0 Å². The van der Waals surface area contributed by atoms with Gasteiger partial charge in [-0.2, -0.15) is 0 Å². The molecule has 0 atom stereocenters. The van der Waals surface area contributed by atoms with Crippen molar-refractivity contribution in [2.45, 2.75) is 72.3 Å².